The smallest absolute Gasteiger partial charge is 0.105 e. The van der Waals surface area contributed by atoms with Crippen LogP contribution in [0.1, 0.15) is 31.8 Å². The average molecular weight is 190 g/mol. The highest BCUT2D eigenvalue weighted by Crippen LogP contribution is 2.07. The normalized spacial score (nSPS) is 11.9. The van der Waals surface area contributed by atoms with Gasteiger partial charge in [-0.25, -0.2) is 4.98 Å². The minimum atomic E-state index is 1.04. The van der Waals surface area contributed by atoms with E-state index < -0.39 is 0 Å². The standard InChI is InChI=1S/C12H18N2/c1-4-6-7-8-12-10-13-11(3)14(12)9-5-2/h4,6-8,10H,5,9H2,1-3H3/b6-4-,8-7-. The SMILES string of the molecule is C/C=C\C=C/c1cnc(C)n1CCC. The van der Waals surface area contributed by atoms with Gasteiger partial charge in [-0.2, -0.15) is 0 Å². The Balaban J connectivity index is 2.85. The largest absolute Gasteiger partial charge is 0.329 e. The van der Waals surface area contributed by atoms with E-state index in [9.17, 15) is 0 Å². The molecule has 0 radical (unpaired) electrons. The zero-order valence-corrected chi connectivity index (χ0v) is 9.20. The van der Waals surface area contributed by atoms with Crippen molar-refractivity contribution in [3.63, 3.8) is 0 Å². The van der Waals surface area contributed by atoms with E-state index in [0.29, 0.717) is 0 Å². The van der Waals surface area contributed by atoms with Crippen LogP contribution in [0.3, 0.4) is 0 Å². The van der Waals surface area contributed by atoms with E-state index >= 15 is 0 Å². The third-order valence-electron chi connectivity index (χ3n) is 2.10. The van der Waals surface area contributed by atoms with E-state index in [0.717, 1.165) is 18.8 Å². The van der Waals surface area contributed by atoms with Crippen LogP contribution in [0.25, 0.3) is 6.08 Å². The average Bonchev–Trinajstić information content (AvgIpc) is 2.51. The molecule has 0 fully saturated rings. The molecule has 0 atom stereocenters. The molecule has 0 spiro atoms. The van der Waals surface area contributed by atoms with Gasteiger partial charge in [0.25, 0.3) is 0 Å². The number of hydrogen-bond donors (Lipinski definition) is 0. The number of aryl methyl sites for hydroxylation is 1. The van der Waals surface area contributed by atoms with E-state index in [4.69, 9.17) is 0 Å². The second-order valence-corrected chi connectivity index (χ2v) is 3.27. The van der Waals surface area contributed by atoms with Gasteiger partial charge in [0.15, 0.2) is 0 Å². The third-order valence-corrected chi connectivity index (χ3v) is 2.10. The first-order chi connectivity index (χ1) is 6.79. The third kappa shape index (κ3) is 2.59. The van der Waals surface area contributed by atoms with Crippen LogP contribution in [0.5, 0.6) is 0 Å². The maximum absolute atomic E-state index is 4.30. The molecule has 76 valence electrons. The first kappa shape index (κ1) is 10.8. The molecule has 0 aliphatic heterocycles. The van der Waals surface area contributed by atoms with Crippen LogP contribution in [-0.2, 0) is 6.54 Å². The molecule has 0 aliphatic carbocycles. The van der Waals surface area contributed by atoms with Crippen molar-refractivity contribution in [2.45, 2.75) is 33.7 Å². The van der Waals surface area contributed by atoms with Gasteiger partial charge in [0, 0.05) is 6.54 Å². The quantitative estimate of drug-likeness (QED) is 0.667. The predicted octanol–water partition coefficient (Wildman–Crippen LogP) is 3.19. The summed E-state index contributed by atoms with van der Waals surface area (Å²) in [5.41, 5.74) is 1.18. The number of allylic oxidation sites excluding steroid dienone is 3. The summed E-state index contributed by atoms with van der Waals surface area (Å²) < 4.78 is 2.24. The van der Waals surface area contributed by atoms with Crippen molar-refractivity contribution in [3.05, 3.63) is 35.9 Å². The molecular weight excluding hydrogens is 172 g/mol. The van der Waals surface area contributed by atoms with Crippen LogP contribution < -0.4 is 0 Å². The van der Waals surface area contributed by atoms with Crippen LogP contribution in [0.15, 0.2) is 24.4 Å². The van der Waals surface area contributed by atoms with Gasteiger partial charge in [-0.1, -0.05) is 25.2 Å². The van der Waals surface area contributed by atoms with E-state index in [1.54, 1.807) is 0 Å². The number of rotatable bonds is 4. The summed E-state index contributed by atoms with van der Waals surface area (Å²) in [7, 11) is 0. The van der Waals surface area contributed by atoms with Gasteiger partial charge in [0.05, 0.1) is 11.9 Å². The lowest BCUT2D eigenvalue weighted by Crippen LogP contribution is -2.01. The van der Waals surface area contributed by atoms with Gasteiger partial charge in [-0.3, -0.25) is 0 Å². The number of aromatic nitrogens is 2. The fourth-order valence-electron chi connectivity index (χ4n) is 1.40. The fourth-order valence-corrected chi connectivity index (χ4v) is 1.40. The summed E-state index contributed by atoms with van der Waals surface area (Å²) >= 11 is 0. The second-order valence-electron chi connectivity index (χ2n) is 3.27. The molecule has 1 aromatic heterocycles. The molecular formula is C12H18N2. The Morgan fingerprint density at radius 1 is 1.43 bits per heavy atom. The molecule has 0 saturated heterocycles. The van der Waals surface area contributed by atoms with Gasteiger partial charge >= 0.3 is 0 Å². The van der Waals surface area contributed by atoms with Crippen molar-refractivity contribution in [1.82, 2.24) is 9.55 Å². The Bertz CT molecular complexity index is 332. The van der Waals surface area contributed by atoms with Gasteiger partial charge in [0.2, 0.25) is 0 Å². The van der Waals surface area contributed by atoms with Gasteiger partial charge < -0.3 is 4.57 Å². The maximum Gasteiger partial charge on any atom is 0.105 e. The minimum Gasteiger partial charge on any atom is -0.329 e. The van der Waals surface area contributed by atoms with Crippen LogP contribution in [0.4, 0.5) is 0 Å². The predicted molar refractivity (Wildman–Crippen MR) is 61.1 cm³/mol. The Hall–Kier alpha value is -1.31. The van der Waals surface area contributed by atoms with Crippen molar-refractivity contribution in [3.8, 4) is 0 Å². The molecule has 0 amide bonds. The fraction of sp³-hybridized carbons (Fsp3) is 0.417. The Morgan fingerprint density at radius 3 is 2.86 bits per heavy atom. The van der Waals surface area contributed by atoms with Crippen LogP contribution in [-0.4, -0.2) is 9.55 Å². The molecule has 1 aromatic rings. The van der Waals surface area contributed by atoms with E-state index in [-0.39, 0.29) is 0 Å². The lowest BCUT2D eigenvalue weighted by atomic mass is 10.3. The first-order valence-corrected chi connectivity index (χ1v) is 5.11. The molecule has 1 heterocycles. The van der Waals surface area contributed by atoms with Crippen molar-refractivity contribution >= 4 is 6.08 Å². The number of hydrogen-bond acceptors (Lipinski definition) is 1. The van der Waals surface area contributed by atoms with Crippen molar-refractivity contribution in [2.75, 3.05) is 0 Å². The molecule has 2 nitrogen and oxygen atoms in total. The molecule has 0 aliphatic rings. The topological polar surface area (TPSA) is 17.8 Å². The highest BCUT2D eigenvalue weighted by Gasteiger charge is 2.01. The summed E-state index contributed by atoms with van der Waals surface area (Å²) in [6.45, 7) is 7.28. The zero-order chi connectivity index (χ0) is 10.4. The lowest BCUT2D eigenvalue weighted by molar-refractivity contribution is 0.653. The maximum atomic E-state index is 4.30. The number of imidazole rings is 1. The lowest BCUT2D eigenvalue weighted by Gasteiger charge is -2.04. The van der Waals surface area contributed by atoms with Crippen LogP contribution >= 0.6 is 0 Å². The van der Waals surface area contributed by atoms with Crippen molar-refractivity contribution in [1.29, 1.82) is 0 Å². The summed E-state index contributed by atoms with van der Waals surface area (Å²) in [4.78, 5) is 4.30. The van der Waals surface area contributed by atoms with E-state index in [2.05, 4.69) is 22.6 Å². The molecule has 14 heavy (non-hydrogen) atoms. The molecule has 0 bridgehead atoms. The van der Waals surface area contributed by atoms with Crippen molar-refractivity contribution in [2.24, 2.45) is 0 Å². The highest BCUT2D eigenvalue weighted by atomic mass is 15.1. The van der Waals surface area contributed by atoms with Crippen LogP contribution in [0.2, 0.25) is 0 Å². The molecule has 0 unspecified atom stereocenters. The summed E-state index contributed by atoms with van der Waals surface area (Å²) in [6, 6.07) is 0. The summed E-state index contributed by atoms with van der Waals surface area (Å²) in [5, 5.41) is 0. The van der Waals surface area contributed by atoms with Crippen LogP contribution in [0, 0.1) is 6.92 Å². The molecule has 0 saturated carbocycles. The van der Waals surface area contributed by atoms with Gasteiger partial charge in [0.1, 0.15) is 5.82 Å². The zero-order valence-electron chi connectivity index (χ0n) is 9.20. The first-order valence-electron chi connectivity index (χ1n) is 5.11. The Kier molecular flexibility index (Phi) is 4.17. The second kappa shape index (κ2) is 5.43. The van der Waals surface area contributed by atoms with Crippen molar-refractivity contribution < 1.29 is 0 Å². The minimum absolute atomic E-state index is 1.04. The highest BCUT2D eigenvalue weighted by molar-refractivity contribution is 5.46. The molecule has 2 heteroatoms. The summed E-state index contributed by atoms with van der Waals surface area (Å²) in [5.74, 6) is 1.09. The van der Waals surface area contributed by atoms with E-state index in [1.807, 2.05) is 38.3 Å². The van der Waals surface area contributed by atoms with Gasteiger partial charge in [-0.05, 0) is 26.3 Å². The summed E-state index contributed by atoms with van der Waals surface area (Å²) in [6.07, 6.45) is 11.2. The van der Waals surface area contributed by atoms with E-state index in [1.165, 1.54) is 5.69 Å². The molecule has 0 N–H and O–H groups in total. The van der Waals surface area contributed by atoms with Gasteiger partial charge in [-0.15, -0.1) is 0 Å². The Morgan fingerprint density at radius 2 is 2.21 bits per heavy atom. The monoisotopic (exact) mass is 190 g/mol. The number of nitrogens with zero attached hydrogens (tertiary/aromatic N) is 2. The Labute approximate surface area is 86.0 Å². The molecule has 1 rings (SSSR count). The molecule has 0 aromatic carbocycles.